The van der Waals surface area contributed by atoms with Gasteiger partial charge in [-0.05, 0) is 24.5 Å². The first-order chi connectivity index (χ1) is 5.93. The zero-order valence-corrected chi connectivity index (χ0v) is 7.59. The topological polar surface area (TPSA) is 0 Å². The summed E-state index contributed by atoms with van der Waals surface area (Å²) < 4.78 is 0. The molecule has 0 bridgehead atoms. The summed E-state index contributed by atoms with van der Waals surface area (Å²) in [5.74, 6) is 0. The largest absolute Gasteiger partial charge is 0.0882 e. The van der Waals surface area contributed by atoms with Crippen LogP contribution in [0.1, 0.15) is 25.3 Å². The van der Waals surface area contributed by atoms with Crippen LogP contribution in [0.25, 0.3) is 0 Å². The number of benzene rings is 1. The summed E-state index contributed by atoms with van der Waals surface area (Å²) in [6.45, 7) is 2.20. The first-order valence-electron chi connectivity index (χ1n) is 4.53. The molecule has 0 aromatic heterocycles. The predicted molar refractivity (Wildman–Crippen MR) is 53.0 cm³/mol. The molecule has 0 atom stereocenters. The molecule has 1 radical (unpaired) electrons. The average molecular weight is 159 g/mol. The molecule has 0 amide bonds. The van der Waals surface area contributed by atoms with Crippen molar-refractivity contribution in [3.8, 4) is 0 Å². The van der Waals surface area contributed by atoms with Gasteiger partial charge in [0.25, 0.3) is 0 Å². The van der Waals surface area contributed by atoms with E-state index < -0.39 is 0 Å². The Morgan fingerprint density at radius 1 is 1.42 bits per heavy atom. The maximum absolute atomic E-state index is 3.07. The molecule has 0 N–H and O–H groups in total. The van der Waals surface area contributed by atoms with Crippen molar-refractivity contribution >= 4 is 0 Å². The van der Waals surface area contributed by atoms with Crippen molar-refractivity contribution < 1.29 is 0 Å². The third kappa shape index (κ3) is 3.38. The summed E-state index contributed by atoms with van der Waals surface area (Å²) in [5.41, 5.74) is 1.34. The molecule has 0 aliphatic heterocycles. The van der Waals surface area contributed by atoms with Crippen molar-refractivity contribution in [1.29, 1.82) is 0 Å². The van der Waals surface area contributed by atoms with Gasteiger partial charge >= 0.3 is 0 Å². The van der Waals surface area contributed by atoms with Gasteiger partial charge in [0.2, 0.25) is 0 Å². The summed E-state index contributed by atoms with van der Waals surface area (Å²) >= 11 is 0. The highest BCUT2D eigenvalue weighted by Gasteiger charge is 1.84. The number of hydrogen-bond acceptors (Lipinski definition) is 0. The van der Waals surface area contributed by atoms with Crippen molar-refractivity contribution in [1.82, 2.24) is 0 Å². The standard InChI is InChI=1S/C12H15/c1-2-3-4-6-9-12-10-7-5-8-11-12/h4-7,10-11H,2-3,9H2,1H3. The van der Waals surface area contributed by atoms with Gasteiger partial charge < -0.3 is 0 Å². The first-order valence-corrected chi connectivity index (χ1v) is 4.53. The quantitative estimate of drug-likeness (QED) is 0.591. The van der Waals surface area contributed by atoms with Crippen LogP contribution in [0.3, 0.4) is 0 Å². The molecule has 1 aromatic carbocycles. The minimum atomic E-state index is 1.04. The van der Waals surface area contributed by atoms with E-state index in [9.17, 15) is 0 Å². The molecular formula is C12H15. The molecule has 0 fully saturated rings. The molecule has 0 spiro atoms. The Labute approximate surface area is 74.9 Å². The Morgan fingerprint density at radius 3 is 3.00 bits per heavy atom. The van der Waals surface area contributed by atoms with Crippen LogP contribution in [0.5, 0.6) is 0 Å². The molecule has 0 saturated carbocycles. The monoisotopic (exact) mass is 159 g/mol. The van der Waals surface area contributed by atoms with E-state index in [1.807, 2.05) is 18.2 Å². The lowest BCUT2D eigenvalue weighted by atomic mass is 10.1. The van der Waals surface area contributed by atoms with E-state index in [1.165, 1.54) is 18.4 Å². The van der Waals surface area contributed by atoms with Gasteiger partial charge in [-0.2, -0.15) is 0 Å². The fraction of sp³-hybridized carbons (Fsp3) is 0.333. The minimum Gasteiger partial charge on any atom is -0.0882 e. The summed E-state index contributed by atoms with van der Waals surface area (Å²) in [5, 5.41) is 0. The molecule has 0 aliphatic rings. The van der Waals surface area contributed by atoms with E-state index in [1.54, 1.807) is 0 Å². The number of allylic oxidation sites excluding steroid dienone is 2. The van der Waals surface area contributed by atoms with Crippen LogP contribution in [0.2, 0.25) is 0 Å². The number of rotatable bonds is 4. The van der Waals surface area contributed by atoms with Crippen molar-refractivity contribution in [3.05, 3.63) is 48.0 Å². The predicted octanol–water partition coefficient (Wildman–Crippen LogP) is 3.39. The molecular weight excluding hydrogens is 144 g/mol. The fourth-order valence-electron chi connectivity index (χ4n) is 1.06. The second-order valence-corrected chi connectivity index (χ2v) is 2.88. The lowest BCUT2D eigenvalue weighted by Crippen LogP contribution is -1.78. The second kappa shape index (κ2) is 5.59. The highest BCUT2D eigenvalue weighted by Crippen LogP contribution is 2.00. The molecule has 63 valence electrons. The van der Waals surface area contributed by atoms with Gasteiger partial charge in [0.05, 0.1) is 0 Å². The second-order valence-electron chi connectivity index (χ2n) is 2.88. The summed E-state index contributed by atoms with van der Waals surface area (Å²) in [4.78, 5) is 0. The van der Waals surface area contributed by atoms with E-state index in [-0.39, 0.29) is 0 Å². The third-order valence-electron chi connectivity index (χ3n) is 1.75. The molecule has 0 unspecified atom stereocenters. The lowest BCUT2D eigenvalue weighted by Gasteiger charge is -1.93. The molecule has 12 heavy (non-hydrogen) atoms. The van der Waals surface area contributed by atoms with Crippen LogP contribution in [0.15, 0.2) is 36.4 Å². The van der Waals surface area contributed by atoms with Gasteiger partial charge in [0.1, 0.15) is 0 Å². The Balaban J connectivity index is 2.33. The lowest BCUT2D eigenvalue weighted by molar-refractivity contribution is 0.953. The average Bonchev–Trinajstić information content (AvgIpc) is 2.14. The summed E-state index contributed by atoms with van der Waals surface area (Å²) in [6.07, 6.45) is 7.94. The van der Waals surface area contributed by atoms with Gasteiger partial charge in [-0.3, -0.25) is 0 Å². The number of unbranched alkanes of at least 4 members (excludes halogenated alkanes) is 1. The van der Waals surface area contributed by atoms with Gasteiger partial charge in [-0.15, -0.1) is 0 Å². The maximum atomic E-state index is 3.07. The Bertz CT molecular complexity index is 221. The van der Waals surface area contributed by atoms with Gasteiger partial charge in [0.15, 0.2) is 0 Å². The highest BCUT2D eigenvalue weighted by molar-refractivity contribution is 5.16. The molecule has 1 aromatic rings. The van der Waals surface area contributed by atoms with Crippen LogP contribution in [0, 0.1) is 6.07 Å². The minimum absolute atomic E-state index is 1.04. The SMILES string of the molecule is CCCC=CCc1c[c]ccc1. The Morgan fingerprint density at radius 2 is 2.33 bits per heavy atom. The van der Waals surface area contributed by atoms with Gasteiger partial charge in [0, 0.05) is 0 Å². The van der Waals surface area contributed by atoms with E-state index in [0.717, 1.165) is 6.42 Å². The van der Waals surface area contributed by atoms with Crippen molar-refractivity contribution in [3.63, 3.8) is 0 Å². The molecule has 0 heterocycles. The normalized spacial score (nSPS) is 10.8. The zero-order valence-electron chi connectivity index (χ0n) is 7.59. The first kappa shape index (κ1) is 9.05. The fourth-order valence-corrected chi connectivity index (χ4v) is 1.06. The summed E-state index contributed by atoms with van der Waals surface area (Å²) in [6, 6.07) is 11.2. The number of hydrogen-bond donors (Lipinski definition) is 0. The third-order valence-corrected chi connectivity index (χ3v) is 1.75. The summed E-state index contributed by atoms with van der Waals surface area (Å²) in [7, 11) is 0. The maximum Gasteiger partial charge on any atom is -0.00972 e. The van der Waals surface area contributed by atoms with E-state index in [0.29, 0.717) is 0 Å². The van der Waals surface area contributed by atoms with Crippen molar-refractivity contribution in [2.24, 2.45) is 0 Å². The van der Waals surface area contributed by atoms with Gasteiger partial charge in [-0.1, -0.05) is 49.8 Å². The van der Waals surface area contributed by atoms with E-state index in [2.05, 4.69) is 31.2 Å². The highest BCUT2D eigenvalue weighted by atomic mass is 13.9. The van der Waals surface area contributed by atoms with E-state index in [4.69, 9.17) is 0 Å². The molecule has 0 aliphatic carbocycles. The Kier molecular flexibility index (Phi) is 4.22. The van der Waals surface area contributed by atoms with Crippen LogP contribution >= 0.6 is 0 Å². The molecule has 1 rings (SSSR count). The zero-order chi connectivity index (χ0) is 8.65. The molecule has 0 nitrogen and oxygen atoms in total. The Hall–Kier alpha value is -1.04. The van der Waals surface area contributed by atoms with Crippen LogP contribution in [-0.4, -0.2) is 0 Å². The van der Waals surface area contributed by atoms with Crippen LogP contribution in [-0.2, 0) is 6.42 Å². The smallest absolute Gasteiger partial charge is 0.00972 e. The molecule has 0 heteroatoms. The van der Waals surface area contributed by atoms with Crippen LogP contribution < -0.4 is 0 Å². The van der Waals surface area contributed by atoms with E-state index >= 15 is 0 Å². The van der Waals surface area contributed by atoms with Crippen LogP contribution in [0.4, 0.5) is 0 Å². The van der Waals surface area contributed by atoms with Gasteiger partial charge in [-0.25, -0.2) is 0 Å². The van der Waals surface area contributed by atoms with Crippen molar-refractivity contribution in [2.45, 2.75) is 26.2 Å². The molecule has 0 saturated heterocycles. The van der Waals surface area contributed by atoms with Crippen molar-refractivity contribution in [2.75, 3.05) is 0 Å².